The van der Waals surface area contributed by atoms with Gasteiger partial charge in [0.2, 0.25) is 5.88 Å². The van der Waals surface area contributed by atoms with E-state index in [2.05, 4.69) is 16.5 Å². The van der Waals surface area contributed by atoms with Crippen molar-refractivity contribution in [1.82, 2.24) is 15.1 Å². The fourth-order valence-electron chi connectivity index (χ4n) is 3.26. The molecular formula is C18H15F3N4O3. The number of nitrogens with zero attached hydrogens (tertiary/aromatic N) is 3. The highest BCUT2D eigenvalue weighted by Crippen LogP contribution is 2.32. The van der Waals surface area contributed by atoms with Crippen LogP contribution in [0.15, 0.2) is 24.3 Å². The van der Waals surface area contributed by atoms with Gasteiger partial charge in [-0.05, 0) is 30.2 Å². The molecule has 1 aromatic heterocycles. The van der Waals surface area contributed by atoms with Crippen molar-refractivity contribution in [3.05, 3.63) is 41.1 Å². The summed E-state index contributed by atoms with van der Waals surface area (Å²) in [5.74, 6) is 0.0544. The van der Waals surface area contributed by atoms with Crippen molar-refractivity contribution in [3.8, 4) is 17.7 Å². The molecule has 10 heteroatoms. The van der Waals surface area contributed by atoms with Gasteiger partial charge < -0.3 is 14.8 Å². The zero-order valence-corrected chi connectivity index (χ0v) is 14.5. The van der Waals surface area contributed by atoms with Crippen LogP contribution in [0.25, 0.3) is 0 Å². The van der Waals surface area contributed by atoms with Crippen molar-refractivity contribution >= 4 is 5.91 Å². The Morgan fingerprint density at radius 1 is 1.36 bits per heavy atom. The van der Waals surface area contributed by atoms with Crippen LogP contribution in [-0.2, 0) is 13.0 Å². The number of aromatic nitrogens is 2. The number of amides is 1. The van der Waals surface area contributed by atoms with Gasteiger partial charge in [0.1, 0.15) is 12.4 Å². The largest absolute Gasteiger partial charge is 0.491 e. The number of ether oxygens (including phenoxy) is 2. The van der Waals surface area contributed by atoms with Crippen molar-refractivity contribution in [2.24, 2.45) is 0 Å². The van der Waals surface area contributed by atoms with Crippen molar-refractivity contribution in [2.75, 3.05) is 6.61 Å². The van der Waals surface area contributed by atoms with Crippen molar-refractivity contribution < 1.29 is 27.4 Å². The smallest absolute Gasteiger partial charge is 0.425 e. The number of hydrogen-bond donors (Lipinski definition) is 1. The van der Waals surface area contributed by atoms with Crippen LogP contribution in [0.1, 0.15) is 28.0 Å². The predicted molar refractivity (Wildman–Crippen MR) is 88.9 cm³/mol. The number of fused-ring (bicyclic) bond motifs is 2. The SMILES string of the molecule is N#Cc1ccc2c(c1)C[C@@H](NC(=O)c1cc3n(n1)CCC(C(F)(F)F)O3)CO2. The van der Waals surface area contributed by atoms with E-state index in [1.807, 2.05) is 0 Å². The number of hydrogen-bond acceptors (Lipinski definition) is 5. The monoisotopic (exact) mass is 392 g/mol. The van der Waals surface area contributed by atoms with E-state index in [1.165, 1.54) is 10.7 Å². The van der Waals surface area contributed by atoms with E-state index in [1.54, 1.807) is 18.2 Å². The second-order valence-corrected chi connectivity index (χ2v) is 6.65. The van der Waals surface area contributed by atoms with Gasteiger partial charge in [-0.2, -0.15) is 23.5 Å². The lowest BCUT2D eigenvalue weighted by Gasteiger charge is -2.26. The van der Waals surface area contributed by atoms with Gasteiger partial charge in [0.05, 0.1) is 17.7 Å². The van der Waals surface area contributed by atoms with Crippen LogP contribution in [0.3, 0.4) is 0 Å². The number of benzene rings is 1. The highest BCUT2D eigenvalue weighted by molar-refractivity contribution is 5.92. The van der Waals surface area contributed by atoms with Crippen LogP contribution in [0.2, 0.25) is 0 Å². The van der Waals surface area contributed by atoms with E-state index in [0.717, 1.165) is 5.56 Å². The lowest BCUT2D eigenvalue weighted by atomic mass is 10.0. The second kappa shape index (κ2) is 6.74. The summed E-state index contributed by atoms with van der Waals surface area (Å²) in [6.45, 7) is 0.258. The molecule has 1 aromatic carbocycles. The second-order valence-electron chi connectivity index (χ2n) is 6.65. The van der Waals surface area contributed by atoms with E-state index >= 15 is 0 Å². The van der Waals surface area contributed by atoms with Crippen LogP contribution >= 0.6 is 0 Å². The van der Waals surface area contributed by atoms with Crippen LogP contribution in [0.4, 0.5) is 13.2 Å². The number of alkyl halides is 3. The molecule has 2 aliphatic heterocycles. The first-order chi connectivity index (χ1) is 13.3. The Labute approximate surface area is 157 Å². The Bertz CT molecular complexity index is 964. The Morgan fingerprint density at radius 2 is 2.18 bits per heavy atom. The molecule has 0 saturated heterocycles. The molecule has 0 saturated carbocycles. The number of carbonyl (C=O) groups is 1. The molecule has 28 heavy (non-hydrogen) atoms. The molecule has 2 atom stereocenters. The summed E-state index contributed by atoms with van der Waals surface area (Å²) in [5.41, 5.74) is 1.28. The van der Waals surface area contributed by atoms with E-state index < -0.39 is 18.2 Å². The van der Waals surface area contributed by atoms with Gasteiger partial charge in [-0.15, -0.1) is 0 Å². The van der Waals surface area contributed by atoms with Crippen LogP contribution in [0.5, 0.6) is 11.6 Å². The topological polar surface area (TPSA) is 89.2 Å². The van der Waals surface area contributed by atoms with E-state index in [-0.39, 0.29) is 37.2 Å². The molecule has 2 aromatic rings. The summed E-state index contributed by atoms with van der Waals surface area (Å²) >= 11 is 0. The normalized spacial score (nSPS) is 20.8. The fraction of sp³-hybridized carbons (Fsp3) is 0.389. The zero-order chi connectivity index (χ0) is 19.9. The van der Waals surface area contributed by atoms with E-state index in [9.17, 15) is 18.0 Å². The Hall–Kier alpha value is -3.22. The number of carbonyl (C=O) groups excluding carboxylic acids is 1. The third-order valence-electron chi connectivity index (χ3n) is 4.64. The highest BCUT2D eigenvalue weighted by Gasteiger charge is 2.44. The zero-order valence-electron chi connectivity index (χ0n) is 14.5. The van der Waals surface area contributed by atoms with Gasteiger partial charge in [0.25, 0.3) is 5.91 Å². The van der Waals surface area contributed by atoms with Gasteiger partial charge in [0, 0.05) is 19.0 Å². The Balaban J connectivity index is 1.44. The third-order valence-corrected chi connectivity index (χ3v) is 4.64. The molecule has 3 heterocycles. The molecule has 2 aliphatic rings. The first-order valence-electron chi connectivity index (χ1n) is 8.61. The maximum absolute atomic E-state index is 12.8. The molecule has 1 N–H and O–H groups in total. The summed E-state index contributed by atoms with van der Waals surface area (Å²) in [5, 5.41) is 15.8. The number of rotatable bonds is 2. The molecule has 4 rings (SSSR count). The Kier molecular flexibility index (Phi) is 4.37. The van der Waals surface area contributed by atoms with Crippen LogP contribution in [-0.4, -0.2) is 40.6 Å². The minimum absolute atomic E-state index is 0.0175. The summed E-state index contributed by atoms with van der Waals surface area (Å²) in [6.07, 6.45) is -6.15. The van der Waals surface area contributed by atoms with E-state index in [4.69, 9.17) is 14.7 Å². The highest BCUT2D eigenvalue weighted by atomic mass is 19.4. The summed E-state index contributed by atoms with van der Waals surface area (Å²) in [6, 6.07) is 7.98. The fourth-order valence-corrected chi connectivity index (χ4v) is 3.26. The van der Waals surface area contributed by atoms with E-state index in [0.29, 0.717) is 17.7 Å². The molecule has 0 bridgehead atoms. The number of nitriles is 1. The quantitative estimate of drug-likeness (QED) is 0.847. The summed E-state index contributed by atoms with van der Waals surface area (Å²) in [7, 11) is 0. The maximum atomic E-state index is 12.8. The summed E-state index contributed by atoms with van der Waals surface area (Å²) < 4.78 is 50.2. The average molecular weight is 392 g/mol. The maximum Gasteiger partial charge on any atom is 0.425 e. The van der Waals surface area contributed by atoms with Crippen LogP contribution in [0, 0.1) is 11.3 Å². The van der Waals surface area contributed by atoms with Crippen LogP contribution < -0.4 is 14.8 Å². The molecular weight excluding hydrogens is 377 g/mol. The third kappa shape index (κ3) is 3.47. The lowest BCUT2D eigenvalue weighted by molar-refractivity contribution is -0.203. The van der Waals surface area contributed by atoms with Gasteiger partial charge in [-0.1, -0.05) is 0 Å². The standard InChI is InChI=1S/C18H15F3N4O3/c19-18(20,21)15-3-4-25-16(28-15)7-13(24-25)17(26)23-12-6-11-5-10(8-22)1-2-14(11)27-9-12/h1-2,5,7,12,15H,3-4,6,9H2,(H,23,26)/t12-,15?/m1/s1. The van der Waals surface area contributed by atoms with Crippen molar-refractivity contribution in [1.29, 1.82) is 5.26 Å². The molecule has 1 unspecified atom stereocenters. The minimum Gasteiger partial charge on any atom is -0.491 e. The lowest BCUT2D eigenvalue weighted by Crippen LogP contribution is -2.42. The number of halogens is 3. The molecule has 0 fully saturated rings. The van der Waals surface area contributed by atoms with Gasteiger partial charge in [0.15, 0.2) is 11.8 Å². The molecule has 7 nitrogen and oxygen atoms in total. The molecule has 0 spiro atoms. The molecule has 1 amide bonds. The average Bonchev–Trinajstić information content (AvgIpc) is 3.10. The summed E-state index contributed by atoms with van der Waals surface area (Å²) in [4.78, 5) is 12.5. The van der Waals surface area contributed by atoms with Crippen molar-refractivity contribution in [3.63, 3.8) is 0 Å². The first-order valence-corrected chi connectivity index (χ1v) is 8.61. The predicted octanol–water partition coefficient (Wildman–Crippen LogP) is 2.20. The van der Waals surface area contributed by atoms with Gasteiger partial charge in [-0.25, -0.2) is 4.68 Å². The number of nitrogens with one attached hydrogen (secondary N) is 1. The molecule has 0 aliphatic carbocycles. The van der Waals surface area contributed by atoms with Gasteiger partial charge in [-0.3, -0.25) is 4.79 Å². The minimum atomic E-state index is -4.47. The molecule has 0 radical (unpaired) electrons. The van der Waals surface area contributed by atoms with Gasteiger partial charge >= 0.3 is 6.18 Å². The number of aryl methyl sites for hydroxylation is 1. The Morgan fingerprint density at radius 3 is 2.93 bits per heavy atom. The van der Waals surface area contributed by atoms with Crippen molar-refractivity contribution in [2.45, 2.75) is 37.7 Å². The first kappa shape index (κ1) is 18.2. The molecule has 146 valence electrons.